The Morgan fingerprint density at radius 2 is 1.07 bits per heavy atom. The molecule has 0 aromatic carbocycles. The maximum absolute atomic E-state index is 9.18. The third-order valence-electron chi connectivity index (χ3n) is 1.78. The molecular formula is C6H23KNNaO17S2. The second-order valence-electron chi connectivity index (χ2n) is 3.77. The first-order valence-electron chi connectivity index (χ1n) is 5.42. The molecule has 0 fully saturated rings. The molecule has 5 atom stereocenters. The van der Waals surface area contributed by atoms with Crippen LogP contribution in [-0.2, 0) is 25.8 Å². The van der Waals surface area contributed by atoms with Crippen molar-refractivity contribution < 1.29 is 81.4 Å². The van der Waals surface area contributed by atoms with Gasteiger partial charge < -0.3 is 36.1 Å². The Hall–Kier alpha value is 1.98. The number of hydrogen-bond donors (Lipinski definition) is 12. The molecular weight excluding hydrogens is 484 g/mol. The van der Waals surface area contributed by atoms with Gasteiger partial charge in [-0.25, -0.2) is 5.26 Å². The molecule has 0 aliphatic carbocycles. The van der Waals surface area contributed by atoms with Gasteiger partial charge in [0.25, 0.3) is 0 Å². The predicted octanol–water partition coefficient (Wildman–Crippen LogP) is -7.69. The van der Waals surface area contributed by atoms with Crippen LogP contribution in [0.1, 0.15) is 0 Å². The molecule has 0 amide bonds. The standard InChI is InChI=1S/C6H15NO8.K.Na.2H2O4S.H2O.2H/c8-1-2(9)3(10)4(11)5(12)6(13)7-15-14;;;2*1-5(2,3)4;;;/h2-14H,1H2;;;2*(H2,1,2,3,4);1H2;;/t2-,3-,4+,5-,6?;;;;;;;/m1......./s1. The fraction of sp³-hybridized carbons (Fsp3) is 1.00. The average Bonchev–Trinajstić information content (AvgIpc) is 2.40. The second kappa shape index (κ2) is 22.2. The van der Waals surface area contributed by atoms with E-state index in [0.717, 1.165) is 0 Å². The van der Waals surface area contributed by atoms with E-state index in [-0.39, 0.29) is 86.4 Å². The molecule has 0 aliphatic rings. The van der Waals surface area contributed by atoms with Gasteiger partial charge in [-0.1, -0.05) is 0 Å². The van der Waals surface area contributed by atoms with E-state index in [1.807, 2.05) is 0 Å². The number of rotatable bonds is 7. The van der Waals surface area contributed by atoms with Crippen molar-refractivity contribution in [2.24, 2.45) is 0 Å². The number of hydrogen-bond acceptors (Lipinski definition) is 13. The van der Waals surface area contributed by atoms with Crippen LogP contribution < -0.4 is 5.48 Å². The van der Waals surface area contributed by atoms with Gasteiger partial charge in [-0.3, -0.25) is 18.2 Å². The summed E-state index contributed by atoms with van der Waals surface area (Å²) in [4.78, 5) is 3.28. The van der Waals surface area contributed by atoms with Crippen molar-refractivity contribution in [1.82, 2.24) is 5.48 Å². The van der Waals surface area contributed by atoms with E-state index in [0.29, 0.717) is 0 Å². The molecule has 168 valence electrons. The first-order valence-corrected chi connectivity index (χ1v) is 8.22. The minimum absolute atomic E-state index is 0. The van der Waals surface area contributed by atoms with Gasteiger partial charge in [0.05, 0.1) is 6.61 Å². The predicted molar refractivity (Wildman–Crippen MR) is 90.2 cm³/mol. The summed E-state index contributed by atoms with van der Waals surface area (Å²) in [6.45, 7) is -0.828. The van der Waals surface area contributed by atoms with Crippen LogP contribution in [0.25, 0.3) is 0 Å². The van der Waals surface area contributed by atoms with Gasteiger partial charge in [0.2, 0.25) is 0 Å². The second-order valence-corrected chi connectivity index (χ2v) is 5.56. The fourth-order valence-corrected chi connectivity index (χ4v) is 0.848. The summed E-state index contributed by atoms with van der Waals surface area (Å²) in [7, 11) is -9.33. The van der Waals surface area contributed by atoms with Crippen LogP contribution in [0.4, 0.5) is 0 Å². The van der Waals surface area contributed by atoms with Crippen molar-refractivity contribution in [1.29, 1.82) is 0 Å². The van der Waals surface area contributed by atoms with Crippen LogP contribution in [0.15, 0.2) is 0 Å². The summed E-state index contributed by atoms with van der Waals surface area (Å²) in [5.74, 6) is 0. The van der Waals surface area contributed by atoms with Crippen LogP contribution in [-0.4, -0.2) is 195 Å². The summed E-state index contributed by atoms with van der Waals surface area (Å²) in [6, 6.07) is 0. The molecule has 22 heteroatoms. The summed E-state index contributed by atoms with van der Waals surface area (Å²) < 4.78 is 63.2. The molecule has 0 saturated heterocycles. The third kappa shape index (κ3) is 38.6. The van der Waals surface area contributed by atoms with Gasteiger partial charge in [-0.15, -0.1) is 10.5 Å². The minimum atomic E-state index is -4.67. The number of nitrogens with one attached hydrogen (secondary N) is 1. The van der Waals surface area contributed by atoms with E-state index >= 15 is 0 Å². The SMILES string of the molecule is O.O=S(=O)(O)O.O=S(=O)(O)O.OC[C@@H](O)[C@@H](O)[C@H](O)[C@@H](O)C(O)NOO.[KH].[NaH]. The molecule has 18 nitrogen and oxygen atoms in total. The summed E-state index contributed by atoms with van der Waals surface area (Å²) in [6.07, 6.45) is -9.29. The molecule has 0 spiro atoms. The maximum atomic E-state index is 9.18. The van der Waals surface area contributed by atoms with Crippen LogP contribution in [0, 0.1) is 0 Å². The Balaban J connectivity index is -0.0000000784. The molecule has 0 saturated carbocycles. The van der Waals surface area contributed by atoms with Crippen LogP contribution in [0.5, 0.6) is 0 Å². The summed E-state index contributed by atoms with van der Waals surface area (Å²) in [5.41, 5.74) is 1.48. The van der Waals surface area contributed by atoms with Crippen molar-refractivity contribution >= 4 is 102 Å². The Morgan fingerprint density at radius 3 is 1.29 bits per heavy atom. The quantitative estimate of drug-likeness (QED) is 0.0500. The van der Waals surface area contributed by atoms with Gasteiger partial charge in [-0.05, 0) is 0 Å². The van der Waals surface area contributed by atoms with Crippen molar-refractivity contribution in [3.8, 4) is 0 Å². The fourth-order valence-electron chi connectivity index (χ4n) is 0.848. The molecule has 0 aromatic rings. The van der Waals surface area contributed by atoms with Gasteiger partial charge in [0.15, 0.2) is 6.23 Å². The summed E-state index contributed by atoms with van der Waals surface area (Å²) in [5, 5.41) is 61.5. The molecule has 0 radical (unpaired) electrons. The third-order valence-corrected chi connectivity index (χ3v) is 1.78. The summed E-state index contributed by atoms with van der Waals surface area (Å²) >= 11 is 0. The molecule has 28 heavy (non-hydrogen) atoms. The molecule has 0 rings (SSSR count). The molecule has 0 bridgehead atoms. The van der Waals surface area contributed by atoms with Crippen LogP contribution in [0.3, 0.4) is 0 Å². The first kappa shape index (κ1) is 43.8. The van der Waals surface area contributed by atoms with Gasteiger partial charge in [0, 0.05) is 0 Å². The Labute approximate surface area is 223 Å². The number of aliphatic hydroxyl groups is 6. The van der Waals surface area contributed by atoms with Crippen molar-refractivity contribution in [2.45, 2.75) is 30.6 Å². The molecule has 0 aromatic heterocycles. The zero-order chi connectivity index (χ0) is 21.0. The van der Waals surface area contributed by atoms with Crippen LogP contribution in [0.2, 0.25) is 0 Å². The molecule has 0 aliphatic heterocycles. The monoisotopic (exact) mass is 507 g/mol. The first-order chi connectivity index (χ1) is 11.0. The van der Waals surface area contributed by atoms with Gasteiger partial charge in [-0.2, -0.15) is 16.8 Å². The average molecular weight is 507 g/mol. The molecule has 1 unspecified atom stereocenters. The van der Waals surface area contributed by atoms with Crippen molar-refractivity contribution in [3.63, 3.8) is 0 Å². The Morgan fingerprint density at radius 1 is 0.786 bits per heavy atom. The van der Waals surface area contributed by atoms with E-state index in [1.54, 1.807) is 0 Å². The molecule has 0 heterocycles. The van der Waals surface area contributed by atoms with E-state index in [9.17, 15) is 5.11 Å². The molecule has 14 N–H and O–H groups in total. The topological polar surface area (TPSA) is 344 Å². The van der Waals surface area contributed by atoms with E-state index < -0.39 is 58.0 Å². The van der Waals surface area contributed by atoms with Gasteiger partial charge >= 0.3 is 102 Å². The van der Waals surface area contributed by atoms with Gasteiger partial charge in [0.1, 0.15) is 24.4 Å². The zero-order valence-corrected chi connectivity index (χ0v) is 14.0. The number of hydroxylamine groups is 1. The van der Waals surface area contributed by atoms with E-state index in [1.165, 1.54) is 5.48 Å². The normalized spacial score (nSPS) is 15.8. The van der Waals surface area contributed by atoms with E-state index in [2.05, 4.69) is 4.99 Å². The van der Waals surface area contributed by atoms with Crippen LogP contribution >= 0.6 is 0 Å². The van der Waals surface area contributed by atoms with Crippen molar-refractivity contribution in [2.75, 3.05) is 6.61 Å². The Kier molecular flexibility index (Phi) is 34.7. The number of aliphatic hydroxyl groups excluding tert-OH is 6. The Bertz CT molecular complexity index is 486. The zero-order valence-electron chi connectivity index (χ0n) is 12.4. The van der Waals surface area contributed by atoms with Crippen molar-refractivity contribution in [3.05, 3.63) is 0 Å². The van der Waals surface area contributed by atoms with E-state index in [4.69, 9.17) is 65.8 Å².